The number of aromatic hydroxyl groups is 1. The van der Waals surface area contributed by atoms with Gasteiger partial charge in [-0.3, -0.25) is 9.59 Å². The Labute approximate surface area is 177 Å². The molecule has 7 nitrogen and oxygen atoms in total. The van der Waals surface area contributed by atoms with Gasteiger partial charge in [-0.1, -0.05) is 54.6 Å². The van der Waals surface area contributed by atoms with Crippen molar-refractivity contribution in [2.45, 2.75) is 12.5 Å². The molecule has 7 heteroatoms. The van der Waals surface area contributed by atoms with Crippen LogP contribution in [0.3, 0.4) is 0 Å². The first kappa shape index (κ1) is 20.2. The maximum atomic E-state index is 13.2. The smallest absolute Gasteiger partial charge is 0.329 e. The van der Waals surface area contributed by atoms with Gasteiger partial charge in [-0.05, 0) is 41.8 Å². The topological polar surface area (TPSA) is 104 Å². The Balaban J connectivity index is 1.68. The van der Waals surface area contributed by atoms with Crippen LogP contribution >= 0.6 is 0 Å². The van der Waals surface area contributed by atoms with Crippen molar-refractivity contribution in [3.8, 4) is 5.75 Å². The van der Waals surface area contributed by atoms with Crippen LogP contribution in [-0.2, 0) is 11.2 Å². The van der Waals surface area contributed by atoms with E-state index in [1.807, 2.05) is 0 Å². The van der Waals surface area contributed by atoms with Crippen LogP contribution in [0.25, 0.3) is 10.9 Å². The number of aromatic amines is 1. The van der Waals surface area contributed by atoms with E-state index in [4.69, 9.17) is 0 Å². The maximum Gasteiger partial charge on any atom is 0.329 e. The number of carbonyl (C=O) groups is 1. The fourth-order valence-electron chi connectivity index (χ4n) is 3.55. The zero-order chi connectivity index (χ0) is 21.8. The number of hydrogen-bond donors (Lipinski definition) is 3. The van der Waals surface area contributed by atoms with E-state index in [1.54, 1.807) is 78.9 Å². The second-order valence-electron chi connectivity index (χ2n) is 7.17. The summed E-state index contributed by atoms with van der Waals surface area (Å²) in [7, 11) is 0. The van der Waals surface area contributed by atoms with Crippen molar-refractivity contribution in [1.29, 1.82) is 0 Å². The fraction of sp³-hybridized carbons (Fsp3) is 0.125. The van der Waals surface area contributed by atoms with Crippen LogP contribution in [0.1, 0.15) is 17.2 Å². The van der Waals surface area contributed by atoms with Gasteiger partial charge in [0, 0.05) is 6.54 Å². The molecule has 1 amide bonds. The number of rotatable bonds is 6. The molecule has 0 fully saturated rings. The van der Waals surface area contributed by atoms with E-state index in [9.17, 15) is 19.5 Å². The van der Waals surface area contributed by atoms with E-state index in [0.29, 0.717) is 29.4 Å². The lowest BCUT2D eigenvalue weighted by Crippen LogP contribution is -2.45. The van der Waals surface area contributed by atoms with Crippen LogP contribution in [0, 0.1) is 0 Å². The predicted molar refractivity (Wildman–Crippen MR) is 118 cm³/mol. The van der Waals surface area contributed by atoms with E-state index in [1.165, 1.54) is 0 Å². The minimum absolute atomic E-state index is 0.173. The van der Waals surface area contributed by atoms with Crippen molar-refractivity contribution >= 4 is 16.8 Å². The quantitative estimate of drug-likeness (QED) is 0.450. The SMILES string of the molecule is O=C(NCCc1ccc(O)cc1)C(c1ccccc1)n1c(=O)[nH]c2ccccc2c1=O. The van der Waals surface area contributed by atoms with Crippen molar-refractivity contribution in [3.63, 3.8) is 0 Å². The molecule has 0 bridgehead atoms. The van der Waals surface area contributed by atoms with Crippen LogP contribution in [0.2, 0.25) is 0 Å². The third kappa shape index (κ3) is 4.25. The molecule has 0 aliphatic rings. The van der Waals surface area contributed by atoms with Crippen LogP contribution in [0.5, 0.6) is 5.75 Å². The molecule has 3 aromatic carbocycles. The summed E-state index contributed by atoms with van der Waals surface area (Å²) in [4.78, 5) is 41.8. The van der Waals surface area contributed by atoms with Crippen molar-refractivity contribution < 1.29 is 9.90 Å². The molecule has 3 N–H and O–H groups in total. The summed E-state index contributed by atoms with van der Waals surface area (Å²) in [6, 6.07) is 21.0. The van der Waals surface area contributed by atoms with E-state index in [-0.39, 0.29) is 5.75 Å². The molecule has 156 valence electrons. The minimum atomic E-state index is -1.11. The molecule has 0 saturated heterocycles. The van der Waals surface area contributed by atoms with Gasteiger partial charge in [0.1, 0.15) is 11.8 Å². The molecule has 31 heavy (non-hydrogen) atoms. The number of H-pyrrole nitrogens is 1. The van der Waals surface area contributed by atoms with Crippen molar-refractivity contribution in [1.82, 2.24) is 14.9 Å². The van der Waals surface area contributed by atoms with Crippen molar-refractivity contribution in [2.24, 2.45) is 0 Å². The van der Waals surface area contributed by atoms with Crippen LogP contribution < -0.4 is 16.6 Å². The number of benzene rings is 3. The standard InChI is InChI=1S/C24H21N3O4/c28-18-12-10-16(11-13-18)14-15-25-22(29)21(17-6-2-1-3-7-17)27-23(30)19-8-4-5-9-20(19)26-24(27)31/h1-13,21,28H,14-15H2,(H,25,29)(H,26,31). The summed E-state index contributed by atoms with van der Waals surface area (Å²) < 4.78 is 0.966. The molecule has 1 atom stereocenters. The number of para-hydroxylation sites is 1. The van der Waals surface area contributed by atoms with Crippen molar-refractivity contribution in [3.05, 3.63) is 111 Å². The molecule has 0 aliphatic carbocycles. The first-order chi connectivity index (χ1) is 15.0. The zero-order valence-electron chi connectivity index (χ0n) is 16.6. The van der Waals surface area contributed by atoms with Gasteiger partial charge in [-0.15, -0.1) is 0 Å². The number of amides is 1. The number of aromatic nitrogens is 2. The largest absolute Gasteiger partial charge is 0.508 e. The van der Waals surface area contributed by atoms with E-state index in [0.717, 1.165) is 10.1 Å². The Morgan fingerprint density at radius 3 is 2.35 bits per heavy atom. The van der Waals surface area contributed by atoms with Gasteiger partial charge in [0.25, 0.3) is 5.56 Å². The number of carbonyl (C=O) groups excluding carboxylic acids is 1. The first-order valence-electron chi connectivity index (χ1n) is 9.89. The monoisotopic (exact) mass is 415 g/mol. The fourth-order valence-corrected chi connectivity index (χ4v) is 3.55. The van der Waals surface area contributed by atoms with E-state index in [2.05, 4.69) is 10.3 Å². The summed E-state index contributed by atoms with van der Waals surface area (Å²) in [5.74, 6) is -0.278. The first-order valence-corrected chi connectivity index (χ1v) is 9.89. The highest BCUT2D eigenvalue weighted by molar-refractivity contribution is 5.84. The van der Waals surface area contributed by atoms with Gasteiger partial charge in [0.15, 0.2) is 0 Å². The second-order valence-corrected chi connectivity index (χ2v) is 7.17. The average Bonchev–Trinajstić information content (AvgIpc) is 2.78. The summed E-state index contributed by atoms with van der Waals surface area (Å²) in [6.07, 6.45) is 0.538. The number of nitrogens with one attached hydrogen (secondary N) is 2. The summed E-state index contributed by atoms with van der Waals surface area (Å²) >= 11 is 0. The molecule has 1 unspecified atom stereocenters. The molecular weight excluding hydrogens is 394 g/mol. The van der Waals surface area contributed by atoms with E-state index >= 15 is 0 Å². The molecule has 0 saturated carbocycles. The van der Waals surface area contributed by atoms with Gasteiger partial charge in [-0.2, -0.15) is 0 Å². The number of fused-ring (bicyclic) bond motifs is 1. The summed E-state index contributed by atoms with van der Waals surface area (Å²) in [5.41, 5.74) is 0.726. The maximum absolute atomic E-state index is 13.2. The molecule has 4 aromatic rings. The van der Waals surface area contributed by atoms with Gasteiger partial charge in [-0.25, -0.2) is 9.36 Å². The summed E-state index contributed by atoms with van der Waals surface area (Å²) in [6.45, 7) is 0.313. The Bertz CT molecular complexity index is 1330. The van der Waals surface area contributed by atoms with E-state index < -0.39 is 23.2 Å². The predicted octanol–water partition coefficient (Wildman–Crippen LogP) is 2.34. The number of nitrogens with zero attached hydrogens (tertiary/aromatic N) is 1. The number of hydrogen-bond acceptors (Lipinski definition) is 4. The molecule has 0 spiro atoms. The third-order valence-corrected chi connectivity index (χ3v) is 5.11. The summed E-state index contributed by atoms with van der Waals surface area (Å²) in [5, 5.41) is 12.6. The molecule has 0 aliphatic heterocycles. The Morgan fingerprint density at radius 2 is 1.61 bits per heavy atom. The van der Waals surface area contributed by atoms with Crippen LogP contribution in [0.15, 0.2) is 88.5 Å². The average molecular weight is 415 g/mol. The number of phenolic OH excluding ortho intramolecular Hbond substituents is 1. The number of phenols is 1. The molecule has 1 heterocycles. The zero-order valence-corrected chi connectivity index (χ0v) is 16.6. The highest BCUT2D eigenvalue weighted by atomic mass is 16.3. The second kappa shape index (κ2) is 8.71. The van der Waals surface area contributed by atoms with Crippen LogP contribution in [-0.4, -0.2) is 27.1 Å². The third-order valence-electron chi connectivity index (χ3n) is 5.11. The highest BCUT2D eigenvalue weighted by Crippen LogP contribution is 2.17. The Hall–Kier alpha value is -4.13. The van der Waals surface area contributed by atoms with Gasteiger partial charge < -0.3 is 15.4 Å². The van der Waals surface area contributed by atoms with Gasteiger partial charge in [0.2, 0.25) is 5.91 Å². The van der Waals surface area contributed by atoms with Gasteiger partial charge in [0.05, 0.1) is 10.9 Å². The lowest BCUT2D eigenvalue weighted by molar-refractivity contribution is -0.123. The normalized spacial score (nSPS) is 11.9. The van der Waals surface area contributed by atoms with Crippen LogP contribution in [0.4, 0.5) is 0 Å². The molecule has 1 aromatic heterocycles. The Morgan fingerprint density at radius 1 is 0.935 bits per heavy atom. The minimum Gasteiger partial charge on any atom is -0.508 e. The van der Waals surface area contributed by atoms with Crippen molar-refractivity contribution in [2.75, 3.05) is 6.54 Å². The molecule has 4 rings (SSSR count). The molecule has 0 radical (unpaired) electrons. The Kier molecular flexibility index (Phi) is 5.66. The highest BCUT2D eigenvalue weighted by Gasteiger charge is 2.26. The lowest BCUT2D eigenvalue weighted by Gasteiger charge is -2.19. The lowest BCUT2D eigenvalue weighted by atomic mass is 10.1. The molecular formula is C24H21N3O4. The van der Waals surface area contributed by atoms with Gasteiger partial charge >= 0.3 is 5.69 Å².